The Morgan fingerprint density at radius 1 is 1.00 bits per heavy atom. The van der Waals surface area contributed by atoms with Crippen LogP contribution in [0.25, 0.3) is 0 Å². The largest absolute Gasteiger partial charge is 0.365 e. The first-order valence-corrected chi connectivity index (χ1v) is 20.2. The number of piperazine rings is 1. The highest BCUT2D eigenvalue weighted by atomic mass is 35.5. The molecule has 6 heterocycles. The van der Waals surface area contributed by atoms with E-state index in [4.69, 9.17) is 22.3 Å². The van der Waals surface area contributed by atoms with Crippen molar-refractivity contribution in [3.05, 3.63) is 86.4 Å². The first-order chi connectivity index (χ1) is 27.3. The molecular formula is C39H42ClFN10O5S. The van der Waals surface area contributed by atoms with Crippen molar-refractivity contribution in [3.8, 4) is 0 Å². The van der Waals surface area contributed by atoms with Gasteiger partial charge in [0, 0.05) is 70.5 Å². The number of nitrogens with zero attached hydrogens (tertiary/aromatic N) is 7. The topological polar surface area (TPSA) is 177 Å². The van der Waals surface area contributed by atoms with E-state index in [1.54, 1.807) is 12.3 Å². The first kappa shape index (κ1) is 38.8. The second-order valence-corrected chi connectivity index (χ2v) is 16.5. The van der Waals surface area contributed by atoms with Crippen LogP contribution in [0.15, 0.2) is 47.5 Å². The van der Waals surface area contributed by atoms with Crippen molar-refractivity contribution in [1.29, 1.82) is 0 Å². The van der Waals surface area contributed by atoms with Crippen molar-refractivity contribution in [1.82, 2.24) is 30.0 Å². The number of aryl methyl sites for hydroxylation is 2. The van der Waals surface area contributed by atoms with E-state index in [2.05, 4.69) is 30.3 Å². The lowest BCUT2D eigenvalue weighted by Gasteiger charge is -2.43. The fourth-order valence-corrected chi connectivity index (χ4v) is 9.68. The summed E-state index contributed by atoms with van der Waals surface area (Å²) in [5.41, 5.74) is 7.19. The molecule has 3 aromatic rings. The van der Waals surface area contributed by atoms with E-state index >= 15 is 4.39 Å². The van der Waals surface area contributed by atoms with E-state index < -0.39 is 46.9 Å². The van der Waals surface area contributed by atoms with Gasteiger partial charge in [-0.3, -0.25) is 44.0 Å². The number of primary amides is 1. The SMILES string of the molecule is Cc1nc(NC2SC(C(N)=O)=CN2c2c(C)cccc2Cl)cc(N2CCC(N3CCN(Cc4cc(F)c5c(c4)C(=O)N(C4CCC(=O)NC4=O)C5=O)CC3)CC2)n1. The van der Waals surface area contributed by atoms with Crippen LogP contribution in [0.2, 0.25) is 5.02 Å². The smallest absolute Gasteiger partial charge is 0.265 e. The average Bonchev–Trinajstić information content (AvgIpc) is 3.69. The number of amides is 5. The van der Waals surface area contributed by atoms with Gasteiger partial charge >= 0.3 is 0 Å². The van der Waals surface area contributed by atoms with Crippen molar-refractivity contribution in [3.63, 3.8) is 0 Å². The molecule has 2 unspecified atom stereocenters. The summed E-state index contributed by atoms with van der Waals surface area (Å²) < 4.78 is 15.3. The molecule has 3 saturated heterocycles. The Morgan fingerprint density at radius 2 is 1.75 bits per heavy atom. The van der Waals surface area contributed by atoms with Crippen LogP contribution in [0.1, 0.15) is 63.4 Å². The summed E-state index contributed by atoms with van der Waals surface area (Å²) in [5, 5.41) is 6.19. The standard InChI is InChI=1S/C39H42ClFN10O5S/c1-21-4-3-5-26(40)34(21)50-20-29(35(42)53)57-39(50)45-30-18-31(44-22(2)43-30)49-10-8-24(9-11-49)48-14-12-47(13-15-48)19-23-16-25-33(27(41)17-23)38(56)51(37(25)55)28-6-7-32(52)46-36(28)54/h3-5,16-18,20,24,28,39H,6-15,19H2,1-2H3,(H2,42,53)(H,43,44,45)(H,46,52,54). The number of benzene rings is 2. The van der Waals surface area contributed by atoms with Crippen LogP contribution >= 0.6 is 23.4 Å². The average molecular weight is 817 g/mol. The highest BCUT2D eigenvalue weighted by molar-refractivity contribution is 8.05. The van der Waals surface area contributed by atoms with Crippen LogP contribution in [0.3, 0.4) is 0 Å². The van der Waals surface area contributed by atoms with Gasteiger partial charge in [-0.05, 0) is 62.4 Å². The second kappa shape index (κ2) is 15.7. The summed E-state index contributed by atoms with van der Waals surface area (Å²) in [6.45, 7) is 9.04. The number of nitrogens with one attached hydrogen (secondary N) is 2. The van der Waals surface area contributed by atoms with Gasteiger partial charge in [0.2, 0.25) is 11.8 Å². The molecule has 2 aromatic carbocycles. The predicted molar refractivity (Wildman–Crippen MR) is 213 cm³/mol. The van der Waals surface area contributed by atoms with Gasteiger partial charge in [-0.25, -0.2) is 14.4 Å². The zero-order valence-electron chi connectivity index (χ0n) is 31.5. The lowest BCUT2D eigenvalue weighted by molar-refractivity contribution is -0.136. The number of carbonyl (C=O) groups is 5. The molecule has 0 aliphatic carbocycles. The van der Waals surface area contributed by atoms with Gasteiger partial charge in [0.05, 0.1) is 26.7 Å². The van der Waals surface area contributed by atoms with E-state index in [9.17, 15) is 24.0 Å². The van der Waals surface area contributed by atoms with E-state index in [-0.39, 0.29) is 24.0 Å². The number of imide groups is 2. The molecule has 0 saturated carbocycles. The first-order valence-electron chi connectivity index (χ1n) is 18.9. The number of halogens is 2. The third kappa shape index (κ3) is 7.68. The Balaban J connectivity index is 0.859. The number of piperidine rings is 2. The maximum absolute atomic E-state index is 15.3. The molecular weight excluding hydrogens is 775 g/mol. The molecule has 1 aromatic heterocycles. The summed E-state index contributed by atoms with van der Waals surface area (Å²) in [5.74, 6) is -2.01. The Morgan fingerprint density at radius 3 is 2.46 bits per heavy atom. The zero-order chi connectivity index (χ0) is 40.1. The van der Waals surface area contributed by atoms with E-state index in [1.807, 2.05) is 43.0 Å². The number of para-hydroxylation sites is 1. The number of fused-ring (bicyclic) bond motifs is 1. The molecule has 57 heavy (non-hydrogen) atoms. The molecule has 5 aliphatic heterocycles. The fraction of sp³-hybridized carbons (Fsp3) is 0.410. The second-order valence-electron chi connectivity index (χ2n) is 14.9. The number of carbonyl (C=O) groups excluding carboxylic acids is 5. The summed E-state index contributed by atoms with van der Waals surface area (Å²) in [4.78, 5) is 82.1. The minimum atomic E-state index is -1.15. The number of rotatable bonds is 9. The maximum atomic E-state index is 15.3. The molecule has 4 N–H and O–H groups in total. The van der Waals surface area contributed by atoms with Crippen LogP contribution in [0, 0.1) is 19.7 Å². The van der Waals surface area contributed by atoms with Crippen molar-refractivity contribution >= 4 is 70.2 Å². The van der Waals surface area contributed by atoms with Crippen LogP contribution in [-0.2, 0) is 20.9 Å². The van der Waals surface area contributed by atoms with Gasteiger partial charge in [-0.15, -0.1) is 0 Å². The highest BCUT2D eigenvalue weighted by Gasteiger charge is 2.46. The molecule has 0 bridgehead atoms. The van der Waals surface area contributed by atoms with E-state index in [1.165, 1.54) is 17.8 Å². The number of nitrogens with two attached hydrogens (primary N) is 1. The minimum absolute atomic E-state index is 0.00538. The van der Waals surface area contributed by atoms with E-state index in [0.29, 0.717) is 39.7 Å². The highest BCUT2D eigenvalue weighted by Crippen LogP contribution is 2.41. The molecule has 5 amide bonds. The lowest BCUT2D eigenvalue weighted by atomic mass is 10.0. The molecule has 0 spiro atoms. The molecule has 3 fully saturated rings. The van der Waals surface area contributed by atoms with Gasteiger partial charge in [0.1, 0.15) is 29.3 Å². The molecule has 2 atom stereocenters. The van der Waals surface area contributed by atoms with E-state index in [0.717, 1.165) is 74.1 Å². The minimum Gasteiger partial charge on any atom is -0.365 e. The van der Waals surface area contributed by atoms with Gasteiger partial charge in [0.15, 0.2) is 5.50 Å². The number of hydrogen-bond acceptors (Lipinski definition) is 13. The van der Waals surface area contributed by atoms with Crippen LogP contribution < -0.4 is 26.2 Å². The summed E-state index contributed by atoms with van der Waals surface area (Å²) in [6, 6.07) is 9.69. The van der Waals surface area contributed by atoms with Crippen LogP contribution in [0.5, 0.6) is 0 Å². The molecule has 298 valence electrons. The molecule has 15 nitrogen and oxygen atoms in total. The molecule has 5 aliphatic rings. The third-order valence-electron chi connectivity index (χ3n) is 11.2. The van der Waals surface area contributed by atoms with Gasteiger partial charge in [-0.1, -0.05) is 35.5 Å². The Bertz CT molecular complexity index is 2190. The number of aromatic nitrogens is 2. The van der Waals surface area contributed by atoms with Crippen molar-refractivity contribution in [2.75, 3.05) is 54.4 Å². The zero-order valence-corrected chi connectivity index (χ0v) is 33.0. The van der Waals surface area contributed by atoms with Crippen LogP contribution in [-0.4, -0.2) is 111 Å². The van der Waals surface area contributed by atoms with Gasteiger partial charge < -0.3 is 20.9 Å². The Hall–Kier alpha value is -5.10. The van der Waals surface area contributed by atoms with Crippen molar-refractivity contribution in [2.45, 2.75) is 63.7 Å². The molecule has 18 heteroatoms. The normalized spacial score (nSPS) is 22.2. The summed E-state index contributed by atoms with van der Waals surface area (Å²) >= 11 is 7.92. The number of thioether (sulfide) groups is 1. The maximum Gasteiger partial charge on any atom is 0.265 e. The number of anilines is 3. The Kier molecular flexibility index (Phi) is 10.7. The Labute approximate surface area is 337 Å². The monoisotopic (exact) mass is 816 g/mol. The summed E-state index contributed by atoms with van der Waals surface area (Å²) in [7, 11) is 0. The van der Waals surface area contributed by atoms with Crippen molar-refractivity contribution < 1.29 is 28.4 Å². The number of hydrogen-bond donors (Lipinski definition) is 3. The van der Waals surface area contributed by atoms with Crippen molar-refractivity contribution in [2.24, 2.45) is 5.73 Å². The predicted octanol–water partition coefficient (Wildman–Crippen LogP) is 3.35. The summed E-state index contributed by atoms with van der Waals surface area (Å²) in [6.07, 6.45) is 3.62. The van der Waals surface area contributed by atoms with Gasteiger partial charge in [-0.2, -0.15) is 0 Å². The van der Waals surface area contributed by atoms with Crippen LogP contribution in [0.4, 0.5) is 21.7 Å². The van der Waals surface area contributed by atoms with Gasteiger partial charge in [0.25, 0.3) is 17.7 Å². The quantitative estimate of drug-likeness (QED) is 0.269. The lowest BCUT2D eigenvalue weighted by Crippen LogP contribution is -2.54. The molecule has 0 radical (unpaired) electrons. The fourth-order valence-electron chi connectivity index (χ4n) is 8.37. The molecule has 8 rings (SSSR count). The third-order valence-corrected chi connectivity index (χ3v) is 12.6.